The predicted octanol–water partition coefficient (Wildman–Crippen LogP) is 2.43. The van der Waals surface area contributed by atoms with Gasteiger partial charge in [0.05, 0.1) is 5.57 Å². The number of aromatic nitrogens is 3. The summed E-state index contributed by atoms with van der Waals surface area (Å²) in [6.07, 6.45) is 1.75. The van der Waals surface area contributed by atoms with Gasteiger partial charge >= 0.3 is 0 Å². The molecule has 0 saturated carbocycles. The molecule has 1 heterocycles. The van der Waals surface area contributed by atoms with Crippen molar-refractivity contribution in [3.05, 3.63) is 35.7 Å². The molecule has 0 aliphatic carbocycles. The molecule has 0 atom stereocenters. The lowest BCUT2D eigenvalue weighted by atomic mass is 10.1. The van der Waals surface area contributed by atoms with Gasteiger partial charge < -0.3 is 15.5 Å². The van der Waals surface area contributed by atoms with E-state index in [1.807, 2.05) is 24.3 Å². The largest absolute Gasteiger partial charge is 0.372 e. The van der Waals surface area contributed by atoms with Crippen molar-refractivity contribution >= 4 is 29.2 Å². The number of nitrogen functional groups attached to an aromatic ring is 1. The summed E-state index contributed by atoms with van der Waals surface area (Å²) in [4.78, 5) is 16.4. The second kappa shape index (κ2) is 8.11. The summed E-state index contributed by atoms with van der Waals surface area (Å²) < 4.78 is 0. The summed E-state index contributed by atoms with van der Waals surface area (Å²) in [7, 11) is 3.61. The number of rotatable bonds is 6. The minimum Gasteiger partial charge on any atom is -0.372 e. The Morgan fingerprint density at radius 1 is 1.12 bits per heavy atom. The Hall–Kier alpha value is -3.14. The fourth-order valence-corrected chi connectivity index (χ4v) is 2.38. The van der Waals surface area contributed by atoms with Gasteiger partial charge in [-0.2, -0.15) is 20.2 Å². The van der Waals surface area contributed by atoms with Crippen molar-refractivity contribution in [1.82, 2.24) is 15.0 Å². The van der Waals surface area contributed by atoms with Gasteiger partial charge in [0.25, 0.3) is 0 Å². The van der Waals surface area contributed by atoms with E-state index in [2.05, 4.69) is 39.8 Å². The molecule has 1 aromatic heterocycles. The van der Waals surface area contributed by atoms with Crippen LogP contribution in [0, 0.1) is 11.3 Å². The first kappa shape index (κ1) is 18.2. The smallest absolute Gasteiger partial charge is 0.230 e. The quantitative estimate of drug-likeness (QED) is 0.809. The molecule has 0 bridgehead atoms. The maximum Gasteiger partial charge on any atom is 0.230 e. The van der Waals surface area contributed by atoms with Crippen LogP contribution >= 0.6 is 0 Å². The van der Waals surface area contributed by atoms with Crippen molar-refractivity contribution in [3.8, 4) is 6.07 Å². The fraction of sp³-hybridized carbons (Fsp3) is 0.333. The molecule has 0 unspecified atom stereocenters. The van der Waals surface area contributed by atoms with Gasteiger partial charge in [0.2, 0.25) is 11.9 Å². The number of nitriles is 1. The van der Waals surface area contributed by atoms with Crippen molar-refractivity contribution in [2.24, 2.45) is 0 Å². The molecule has 0 aliphatic heterocycles. The van der Waals surface area contributed by atoms with Gasteiger partial charge in [-0.05, 0) is 37.6 Å². The highest BCUT2D eigenvalue weighted by atomic mass is 15.3. The lowest BCUT2D eigenvalue weighted by molar-refractivity contribution is 0.866. The Morgan fingerprint density at radius 2 is 1.76 bits per heavy atom. The Morgan fingerprint density at radius 3 is 2.28 bits per heavy atom. The maximum absolute atomic E-state index is 9.50. The predicted molar refractivity (Wildman–Crippen MR) is 102 cm³/mol. The Labute approximate surface area is 148 Å². The molecule has 0 fully saturated rings. The lowest BCUT2D eigenvalue weighted by Crippen LogP contribution is -2.21. The first-order valence-electron chi connectivity index (χ1n) is 8.14. The summed E-state index contributed by atoms with van der Waals surface area (Å²) in [6, 6.07) is 10.2. The lowest BCUT2D eigenvalue weighted by Gasteiger charge is -2.20. The molecule has 1 aromatic carbocycles. The molecule has 0 aliphatic rings. The van der Waals surface area contributed by atoms with Crippen LogP contribution in [0.2, 0.25) is 0 Å². The van der Waals surface area contributed by atoms with Crippen molar-refractivity contribution < 1.29 is 0 Å². The molecule has 0 radical (unpaired) electrons. The van der Waals surface area contributed by atoms with E-state index in [0.29, 0.717) is 11.5 Å². The van der Waals surface area contributed by atoms with Gasteiger partial charge in [-0.1, -0.05) is 12.1 Å². The van der Waals surface area contributed by atoms with E-state index in [0.717, 1.165) is 24.3 Å². The minimum atomic E-state index is 0.0896. The summed E-state index contributed by atoms with van der Waals surface area (Å²) in [5.74, 6) is 0.777. The minimum absolute atomic E-state index is 0.0896. The molecule has 7 heteroatoms. The standard InChI is InChI=1S/C18H23N7/c1-5-25(6-2)15-9-7-13(8-10-15)11-14(12-19)16-21-17(20)23-18(22-16)24(3)4/h7-11H,5-6H2,1-4H3,(H2,20,21,22,23)/b14-11+. The average Bonchev–Trinajstić information content (AvgIpc) is 2.61. The third-order valence-corrected chi connectivity index (χ3v) is 3.73. The summed E-state index contributed by atoms with van der Waals surface area (Å²) in [5.41, 5.74) is 8.13. The van der Waals surface area contributed by atoms with Crippen molar-refractivity contribution in [2.45, 2.75) is 13.8 Å². The molecule has 0 amide bonds. The second-order valence-corrected chi connectivity index (χ2v) is 5.65. The monoisotopic (exact) mass is 337 g/mol. The Balaban J connectivity index is 2.36. The number of hydrogen-bond donors (Lipinski definition) is 1. The number of hydrogen-bond acceptors (Lipinski definition) is 7. The van der Waals surface area contributed by atoms with Gasteiger partial charge in [-0.3, -0.25) is 0 Å². The van der Waals surface area contributed by atoms with E-state index in [9.17, 15) is 5.26 Å². The van der Waals surface area contributed by atoms with E-state index >= 15 is 0 Å². The van der Waals surface area contributed by atoms with E-state index in [4.69, 9.17) is 5.73 Å². The van der Waals surface area contributed by atoms with Gasteiger partial charge in [0.1, 0.15) is 6.07 Å². The van der Waals surface area contributed by atoms with E-state index in [1.165, 1.54) is 0 Å². The molecule has 130 valence electrons. The van der Waals surface area contributed by atoms with Crippen LogP contribution in [0.1, 0.15) is 25.2 Å². The van der Waals surface area contributed by atoms with Crippen LogP contribution in [0.15, 0.2) is 24.3 Å². The highest BCUT2D eigenvalue weighted by molar-refractivity contribution is 5.87. The fourth-order valence-electron chi connectivity index (χ4n) is 2.38. The third-order valence-electron chi connectivity index (χ3n) is 3.73. The van der Waals surface area contributed by atoms with E-state index in [1.54, 1.807) is 25.1 Å². The first-order valence-corrected chi connectivity index (χ1v) is 8.14. The zero-order chi connectivity index (χ0) is 18.4. The van der Waals surface area contributed by atoms with Gasteiger partial charge in [-0.25, -0.2) is 0 Å². The number of benzene rings is 1. The van der Waals surface area contributed by atoms with Gasteiger partial charge in [-0.15, -0.1) is 0 Å². The van der Waals surface area contributed by atoms with Crippen molar-refractivity contribution in [2.75, 3.05) is 42.7 Å². The number of allylic oxidation sites excluding steroid dienone is 1. The maximum atomic E-state index is 9.50. The van der Waals surface area contributed by atoms with Crippen LogP contribution in [0.4, 0.5) is 17.6 Å². The van der Waals surface area contributed by atoms with E-state index < -0.39 is 0 Å². The molecule has 2 N–H and O–H groups in total. The van der Waals surface area contributed by atoms with Crippen LogP contribution in [0.25, 0.3) is 11.6 Å². The van der Waals surface area contributed by atoms with Crippen LogP contribution in [-0.2, 0) is 0 Å². The zero-order valence-corrected chi connectivity index (χ0v) is 15.1. The zero-order valence-electron chi connectivity index (χ0n) is 15.1. The average molecular weight is 337 g/mol. The summed E-state index contributed by atoms with van der Waals surface area (Å²) >= 11 is 0. The van der Waals surface area contributed by atoms with Crippen LogP contribution in [0.3, 0.4) is 0 Å². The molecule has 2 aromatic rings. The molecule has 7 nitrogen and oxygen atoms in total. The van der Waals surface area contributed by atoms with E-state index in [-0.39, 0.29) is 11.8 Å². The Bertz CT molecular complexity index is 784. The molecular weight excluding hydrogens is 314 g/mol. The SMILES string of the molecule is CCN(CC)c1ccc(/C=C(\C#N)c2nc(N)nc(N(C)C)n2)cc1. The molecule has 2 rings (SSSR count). The highest BCUT2D eigenvalue weighted by Crippen LogP contribution is 2.20. The van der Waals surface area contributed by atoms with Gasteiger partial charge in [0.15, 0.2) is 5.82 Å². The van der Waals surface area contributed by atoms with Crippen LogP contribution in [-0.4, -0.2) is 42.1 Å². The second-order valence-electron chi connectivity index (χ2n) is 5.65. The van der Waals surface area contributed by atoms with Gasteiger partial charge in [0, 0.05) is 32.9 Å². The molecular formula is C18H23N7. The molecule has 0 saturated heterocycles. The number of nitrogens with zero attached hydrogens (tertiary/aromatic N) is 6. The summed E-state index contributed by atoms with van der Waals surface area (Å²) in [5, 5.41) is 9.50. The van der Waals surface area contributed by atoms with Crippen molar-refractivity contribution in [3.63, 3.8) is 0 Å². The summed E-state index contributed by atoms with van der Waals surface area (Å²) in [6.45, 7) is 6.15. The first-order chi connectivity index (χ1) is 12.0. The Kier molecular flexibility index (Phi) is 5.90. The molecule has 0 spiro atoms. The number of anilines is 3. The van der Waals surface area contributed by atoms with Crippen molar-refractivity contribution in [1.29, 1.82) is 5.26 Å². The third kappa shape index (κ3) is 4.44. The van der Waals surface area contributed by atoms with Crippen LogP contribution in [0.5, 0.6) is 0 Å². The molecule has 25 heavy (non-hydrogen) atoms. The van der Waals surface area contributed by atoms with Crippen LogP contribution < -0.4 is 15.5 Å². The number of nitrogens with two attached hydrogens (primary N) is 1. The normalized spacial score (nSPS) is 11.1. The topological polar surface area (TPSA) is 95.0 Å². The highest BCUT2D eigenvalue weighted by Gasteiger charge is 2.11.